The lowest BCUT2D eigenvalue weighted by molar-refractivity contribution is -0.192. The topological polar surface area (TPSA) is 78.9 Å². The molecule has 0 saturated carbocycles. The summed E-state index contributed by atoms with van der Waals surface area (Å²) in [7, 11) is 0. The summed E-state index contributed by atoms with van der Waals surface area (Å²) < 4.78 is 37.1. The lowest BCUT2D eigenvalue weighted by Gasteiger charge is -2.27. The summed E-state index contributed by atoms with van der Waals surface area (Å²) in [5.41, 5.74) is 0. The molecular weight excluding hydrogens is 281 g/mol. The maximum Gasteiger partial charge on any atom is 0.490 e. The van der Waals surface area contributed by atoms with E-state index in [2.05, 4.69) is 5.32 Å². The van der Waals surface area contributed by atoms with Gasteiger partial charge in [-0.1, -0.05) is 0 Å². The van der Waals surface area contributed by atoms with Crippen molar-refractivity contribution in [3.05, 3.63) is 0 Å². The van der Waals surface area contributed by atoms with E-state index < -0.39 is 12.1 Å². The van der Waals surface area contributed by atoms with Crippen LogP contribution in [0.4, 0.5) is 13.2 Å². The Labute approximate surface area is 114 Å². The van der Waals surface area contributed by atoms with Crippen molar-refractivity contribution in [3.8, 4) is 0 Å². The van der Waals surface area contributed by atoms with Crippen molar-refractivity contribution in [2.75, 3.05) is 32.8 Å². The van der Waals surface area contributed by atoms with E-state index in [1.165, 1.54) is 0 Å². The highest BCUT2D eigenvalue weighted by atomic mass is 19.4. The normalized spacial score (nSPS) is 15.9. The van der Waals surface area contributed by atoms with Crippen molar-refractivity contribution in [2.45, 2.75) is 26.1 Å². The molecule has 1 aliphatic rings. The van der Waals surface area contributed by atoms with Gasteiger partial charge >= 0.3 is 12.1 Å². The van der Waals surface area contributed by atoms with Crippen LogP contribution in [0.15, 0.2) is 0 Å². The second-order valence-corrected chi connectivity index (χ2v) is 4.28. The molecule has 118 valence electrons. The molecule has 1 saturated heterocycles. The molecule has 1 amide bonds. The third-order valence-electron chi connectivity index (χ3n) is 2.24. The molecule has 1 fully saturated rings. The molecule has 1 rings (SSSR count). The number of carbonyl (C=O) groups excluding carboxylic acids is 1. The Bertz CT molecular complexity index is 321. The number of rotatable bonds is 4. The van der Waals surface area contributed by atoms with Crippen molar-refractivity contribution in [1.29, 1.82) is 0 Å². The second kappa shape index (κ2) is 8.75. The molecule has 0 aliphatic carbocycles. The van der Waals surface area contributed by atoms with Gasteiger partial charge in [-0.25, -0.2) is 4.79 Å². The van der Waals surface area contributed by atoms with Gasteiger partial charge in [-0.05, 0) is 13.8 Å². The summed E-state index contributed by atoms with van der Waals surface area (Å²) in [6.07, 6.45) is -4.84. The molecule has 2 N–H and O–H groups in total. The van der Waals surface area contributed by atoms with Crippen LogP contribution in [0.5, 0.6) is 0 Å². The highest BCUT2D eigenvalue weighted by Crippen LogP contribution is 2.13. The van der Waals surface area contributed by atoms with Gasteiger partial charge in [0.15, 0.2) is 0 Å². The lowest BCUT2D eigenvalue weighted by atomic mass is 10.3. The van der Waals surface area contributed by atoms with E-state index in [1.54, 1.807) is 0 Å². The van der Waals surface area contributed by atoms with Crippen molar-refractivity contribution in [2.24, 2.45) is 0 Å². The molecule has 0 spiro atoms. The summed E-state index contributed by atoms with van der Waals surface area (Å²) >= 11 is 0. The van der Waals surface area contributed by atoms with E-state index in [4.69, 9.17) is 14.6 Å². The van der Waals surface area contributed by atoms with Gasteiger partial charge < -0.3 is 20.1 Å². The van der Waals surface area contributed by atoms with Gasteiger partial charge in [0.1, 0.15) is 0 Å². The third kappa shape index (κ3) is 8.70. The molecule has 20 heavy (non-hydrogen) atoms. The zero-order valence-electron chi connectivity index (χ0n) is 11.4. The number of alkyl halides is 3. The number of hydrogen-bond donors (Lipinski definition) is 2. The predicted octanol–water partition coefficient (Wildman–Crippen LogP) is 0.476. The van der Waals surface area contributed by atoms with Gasteiger partial charge in [0, 0.05) is 19.6 Å². The van der Waals surface area contributed by atoms with E-state index >= 15 is 0 Å². The van der Waals surface area contributed by atoms with Crippen LogP contribution < -0.4 is 5.32 Å². The molecule has 9 heteroatoms. The van der Waals surface area contributed by atoms with Crippen LogP contribution in [-0.2, 0) is 14.3 Å². The average Bonchev–Trinajstić information content (AvgIpc) is 2.31. The van der Waals surface area contributed by atoms with Gasteiger partial charge in [-0.2, -0.15) is 13.2 Å². The van der Waals surface area contributed by atoms with Crippen molar-refractivity contribution in [1.82, 2.24) is 10.2 Å². The van der Waals surface area contributed by atoms with Crippen LogP contribution in [-0.4, -0.2) is 66.9 Å². The fraction of sp³-hybridized carbons (Fsp3) is 0.818. The Morgan fingerprint density at radius 2 is 2.05 bits per heavy atom. The number of halogens is 3. The molecule has 0 unspecified atom stereocenters. The molecule has 0 bridgehead atoms. The Balaban J connectivity index is 0.000000441. The number of carboxylic acids is 1. The minimum atomic E-state index is -5.08. The van der Waals surface area contributed by atoms with E-state index in [1.807, 2.05) is 18.7 Å². The minimum absolute atomic E-state index is 0.179. The first-order chi connectivity index (χ1) is 9.14. The first kappa shape index (κ1) is 18.7. The van der Waals surface area contributed by atoms with Crippen LogP contribution >= 0.6 is 0 Å². The number of amides is 1. The Kier molecular flexibility index (Phi) is 8.16. The highest BCUT2D eigenvalue weighted by Gasteiger charge is 2.38. The maximum atomic E-state index is 11.3. The zero-order valence-corrected chi connectivity index (χ0v) is 11.4. The van der Waals surface area contributed by atoms with Gasteiger partial charge in [-0.15, -0.1) is 0 Å². The van der Waals surface area contributed by atoms with E-state index in [0.717, 1.165) is 19.6 Å². The second-order valence-electron chi connectivity index (χ2n) is 4.28. The lowest BCUT2D eigenvalue weighted by Crippen LogP contribution is -2.49. The standard InChI is InChI=1S/C9H18N2O2.C2HF3O2/c1-8(2)13-6-5-11-4-3-10-7-9(11)12;3-2(4,5)1(6)7/h8,10H,3-7H2,1-2H3;(H,6,7). The van der Waals surface area contributed by atoms with E-state index in [0.29, 0.717) is 13.2 Å². The summed E-state index contributed by atoms with van der Waals surface area (Å²) in [5, 5.41) is 10.2. The minimum Gasteiger partial charge on any atom is -0.475 e. The first-order valence-electron chi connectivity index (χ1n) is 6.04. The zero-order chi connectivity index (χ0) is 15.8. The summed E-state index contributed by atoms with van der Waals surface area (Å²) in [6.45, 7) is 7.54. The first-order valence-corrected chi connectivity index (χ1v) is 6.04. The van der Waals surface area contributed by atoms with Gasteiger partial charge in [0.2, 0.25) is 5.91 Å². The van der Waals surface area contributed by atoms with Crippen LogP contribution in [0.25, 0.3) is 0 Å². The number of piperazine rings is 1. The van der Waals surface area contributed by atoms with Crippen molar-refractivity contribution in [3.63, 3.8) is 0 Å². The van der Waals surface area contributed by atoms with Crippen molar-refractivity contribution >= 4 is 11.9 Å². The fourth-order valence-corrected chi connectivity index (χ4v) is 1.28. The molecule has 0 aromatic rings. The third-order valence-corrected chi connectivity index (χ3v) is 2.24. The number of carboxylic acid groups (broad SMARTS) is 1. The summed E-state index contributed by atoms with van der Waals surface area (Å²) in [4.78, 5) is 22.0. The fourth-order valence-electron chi connectivity index (χ4n) is 1.28. The molecule has 1 aliphatic heterocycles. The van der Waals surface area contributed by atoms with Crippen LogP contribution in [0.1, 0.15) is 13.8 Å². The van der Waals surface area contributed by atoms with Gasteiger partial charge in [0.05, 0.1) is 19.3 Å². The monoisotopic (exact) mass is 300 g/mol. The summed E-state index contributed by atoms with van der Waals surface area (Å²) in [6, 6.07) is 0. The summed E-state index contributed by atoms with van der Waals surface area (Å²) in [5.74, 6) is -2.58. The van der Waals surface area contributed by atoms with Crippen LogP contribution in [0.3, 0.4) is 0 Å². The highest BCUT2D eigenvalue weighted by molar-refractivity contribution is 5.78. The Hall–Kier alpha value is -1.35. The SMILES string of the molecule is CC(C)OCCN1CCNCC1=O.O=C(O)C(F)(F)F. The molecular formula is C11H19F3N2O4. The molecule has 1 heterocycles. The molecule has 6 nitrogen and oxygen atoms in total. The largest absolute Gasteiger partial charge is 0.490 e. The Morgan fingerprint density at radius 1 is 1.50 bits per heavy atom. The number of aliphatic carboxylic acids is 1. The maximum absolute atomic E-state index is 11.3. The van der Waals surface area contributed by atoms with E-state index in [-0.39, 0.29) is 12.0 Å². The molecule has 0 radical (unpaired) electrons. The van der Waals surface area contributed by atoms with Gasteiger partial charge in [-0.3, -0.25) is 4.79 Å². The number of hydrogen-bond acceptors (Lipinski definition) is 4. The number of nitrogens with one attached hydrogen (secondary N) is 1. The average molecular weight is 300 g/mol. The van der Waals surface area contributed by atoms with E-state index in [9.17, 15) is 18.0 Å². The number of carbonyl (C=O) groups is 2. The quantitative estimate of drug-likeness (QED) is 0.789. The molecule has 0 atom stereocenters. The van der Waals surface area contributed by atoms with Crippen LogP contribution in [0.2, 0.25) is 0 Å². The van der Waals surface area contributed by atoms with Crippen LogP contribution in [0, 0.1) is 0 Å². The Morgan fingerprint density at radius 3 is 2.45 bits per heavy atom. The smallest absolute Gasteiger partial charge is 0.475 e. The number of ether oxygens (including phenoxy) is 1. The van der Waals surface area contributed by atoms with Gasteiger partial charge in [0.25, 0.3) is 0 Å². The molecule has 0 aromatic heterocycles. The van der Waals surface area contributed by atoms with Crippen molar-refractivity contribution < 1.29 is 32.6 Å². The number of nitrogens with zero attached hydrogens (tertiary/aromatic N) is 1. The molecule has 0 aromatic carbocycles. The predicted molar refractivity (Wildman–Crippen MR) is 64.2 cm³/mol.